The summed E-state index contributed by atoms with van der Waals surface area (Å²) in [5.74, 6) is -0.324. The number of nitrogens with one attached hydrogen (secondary N) is 1. The molecule has 0 aliphatic carbocycles. The van der Waals surface area contributed by atoms with Crippen molar-refractivity contribution in [3.63, 3.8) is 0 Å². The zero-order chi connectivity index (χ0) is 15.5. The number of hydrogen-bond acceptors (Lipinski definition) is 4. The van der Waals surface area contributed by atoms with Crippen LogP contribution in [0, 0.1) is 10.1 Å². The average molecular weight is 344 g/mol. The molecule has 1 amide bonds. The molecule has 0 spiro atoms. The van der Waals surface area contributed by atoms with Crippen molar-refractivity contribution in [2.75, 3.05) is 20.6 Å². The lowest BCUT2D eigenvalue weighted by Gasteiger charge is -2.32. The Hall–Kier alpha value is -1.47. The smallest absolute Gasteiger partial charge is 0.284 e. The molecule has 20 heavy (non-hydrogen) atoms. The van der Waals surface area contributed by atoms with Crippen molar-refractivity contribution in [1.82, 2.24) is 10.2 Å². The number of nitro groups is 1. The lowest BCUT2D eigenvalue weighted by molar-refractivity contribution is -0.385. The topological polar surface area (TPSA) is 75.5 Å². The molecule has 6 nitrogen and oxygen atoms in total. The van der Waals surface area contributed by atoms with Gasteiger partial charge < -0.3 is 10.2 Å². The molecule has 1 aromatic carbocycles. The van der Waals surface area contributed by atoms with E-state index in [-0.39, 0.29) is 22.7 Å². The minimum atomic E-state index is -0.523. The Bertz CT molecular complexity index is 530. The van der Waals surface area contributed by atoms with Gasteiger partial charge in [0.05, 0.1) is 9.40 Å². The van der Waals surface area contributed by atoms with Crippen LogP contribution < -0.4 is 5.32 Å². The third kappa shape index (κ3) is 4.01. The highest BCUT2D eigenvalue weighted by molar-refractivity contribution is 9.10. The molecule has 0 unspecified atom stereocenters. The summed E-state index contributed by atoms with van der Waals surface area (Å²) >= 11 is 3.09. The minimum absolute atomic E-state index is 0.121. The number of amides is 1. The molecule has 0 fully saturated rings. The van der Waals surface area contributed by atoms with Gasteiger partial charge >= 0.3 is 0 Å². The SMILES string of the molecule is CN(C)C(C)(C)CNC(=O)c1ccc(Br)c([N+](=O)[O-])c1. The van der Waals surface area contributed by atoms with E-state index in [1.165, 1.54) is 12.1 Å². The Balaban J connectivity index is 2.84. The summed E-state index contributed by atoms with van der Waals surface area (Å²) in [6.45, 7) is 4.44. The van der Waals surface area contributed by atoms with E-state index in [0.717, 1.165) is 0 Å². The fourth-order valence-corrected chi connectivity index (χ4v) is 1.74. The summed E-state index contributed by atoms with van der Waals surface area (Å²) in [6, 6.07) is 4.32. The number of halogens is 1. The van der Waals surface area contributed by atoms with Crippen LogP contribution in [0.5, 0.6) is 0 Å². The van der Waals surface area contributed by atoms with Gasteiger partial charge in [-0.3, -0.25) is 14.9 Å². The summed E-state index contributed by atoms with van der Waals surface area (Å²) in [4.78, 5) is 24.3. The van der Waals surface area contributed by atoms with E-state index in [2.05, 4.69) is 21.2 Å². The Kier molecular flexibility index (Phi) is 5.24. The van der Waals surface area contributed by atoms with Crippen molar-refractivity contribution in [3.8, 4) is 0 Å². The van der Waals surface area contributed by atoms with E-state index in [9.17, 15) is 14.9 Å². The first-order chi connectivity index (χ1) is 9.15. The van der Waals surface area contributed by atoms with E-state index < -0.39 is 4.92 Å². The number of carbonyl (C=O) groups is 1. The Morgan fingerprint density at radius 3 is 2.55 bits per heavy atom. The molecule has 0 heterocycles. The highest BCUT2D eigenvalue weighted by Gasteiger charge is 2.22. The van der Waals surface area contributed by atoms with Crippen LogP contribution in [0.4, 0.5) is 5.69 Å². The Morgan fingerprint density at radius 1 is 1.45 bits per heavy atom. The highest BCUT2D eigenvalue weighted by atomic mass is 79.9. The first-order valence-electron chi connectivity index (χ1n) is 6.05. The van der Waals surface area contributed by atoms with Crippen molar-refractivity contribution in [2.24, 2.45) is 0 Å². The number of carbonyl (C=O) groups excluding carboxylic acids is 1. The molecule has 0 aliphatic heterocycles. The van der Waals surface area contributed by atoms with Gasteiger partial charge in [-0.15, -0.1) is 0 Å². The summed E-state index contributed by atoms with van der Waals surface area (Å²) in [6.07, 6.45) is 0. The fourth-order valence-electron chi connectivity index (χ4n) is 1.35. The summed E-state index contributed by atoms with van der Waals surface area (Å²) in [7, 11) is 3.85. The third-order valence-electron chi connectivity index (χ3n) is 3.30. The van der Waals surface area contributed by atoms with Crippen LogP contribution in [0.2, 0.25) is 0 Å². The van der Waals surface area contributed by atoms with Crippen LogP contribution in [0.1, 0.15) is 24.2 Å². The molecule has 0 aliphatic rings. The van der Waals surface area contributed by atoms with Crippen molar-refractivity contribution in [1.29, 1.82) is 0 Å². The van der Waals surface area contributed by atoms with Gasteiger partial charge in [0.15, 0.2) is 0 Å². The van der Waals surface area contributed by atoms with Crippen molar-refractivity contribution >= 4 is 27.5 Å². The number of benzene rings is 1. The molecule has 0 radical (unpaired) electrons. The quantitative estimate of drug-likeness (QED) is 0.658. The van der Waals surface area contributed by atoms with Crippen LogP contribution >= 0.6 is 15.9 Å². The second-order valence-electron chi connectivity index (χ2n) is 5.31. The van der Waals surface area contributed by atoms with Crippen LogP contribution in [0.15, 0.2) is 22.7 Å². The van der Waals surface area contributed by atoms with Crippen LogP contribution in [-0.4, -0.2) is 41.9 Å². The number of nitro benzene ring substituents is 1. The predicted molar refractivity (Wildman–Crippen MR) is 80.9 cm³/mol. The molecule has 0 saturated carbocycles. The van der Waals surface area contributed by atoms with E-state index in [1.54, 1.807) is 6.07 Å². The Labute approximate surface area is 126 Å². The molecule has 0 atom stereocenters. The van der Waals surface area contributed by atoms with Gasteiger partial charge in [-0.2, -0.15) is 0 Å². The van der Waals surface area contributed by atoms with Crippen molar-refractivity contribution < 1.29 is 9.72 Å². The minimum Gasteiger partial charge on any atom is -0.350 e. The third-order valence-corrected chi connectivity index (χ3v) is 3.97. The molecule has 0 saturated heterocycles. The molecule has 0 aromatic heterocycles. The molecular formula is C13H18BrN3O3. The van der Waals surface area contributed by atoms with E-state index in [1.807, 2.05) is 32.8 Å². The van der Waals surface area contributed by atoms with E-state index >= 15 is 0 Å². The number of nitrogens with zero attached hydrogens (tertiary/aromatic N) is 2. The predicted octanol–water partition coefficient (Wildman–Crippen LogP) is 2.43. The van der Waals surface area contributed by atoms with E-state index in [0.29, 0.717) is 11.0 Å². The molecule has 1 N–H and O–H groups in total. The summed E-state index contributed by atoms with van der Waals surface area (Å²) < 4.78 is 0.354. The van der Waals surface area contributed by atoms with Gasteiger partial charge in [0.1, 0.15) is 0 Å². The maximum Gasteiger partial charge on any atom is 0.284 e. The number of rotatable bonds is 5. The first-order valence-corrected chi connectivity index (χ1v) is 6.84. The number of likely N-dealkylation sites (N-methyl/N-ethyl adjacent to an activating group) is 1. The van der Waals surface area contributed by atoms with Crippen LogP contribution in [0.3, 0.4) is 0 Å². The maximum absolute atomic E-state index is 12.0. The second-order valence-corrected chi connectivity index (χ2v) is 6.17. The summed E-state index contributed by atoms with van der Waals surface area (Å²) in [5.41, 5.74) is -0.0456. The summed E-state index contributed by atoms with van der Waals surface area (Å²) in [5, 5.41) is 13.6. The molecule has 0 bridgehead atoms. The zero-order valence-electron chi connectivity index (χ0n) is 11.9. The molecule has 7 heteroatoms. The fraction of sp³-hybridized carbons (Fsp3) is 0.462. The second kappa shape index (κ2) is 6.32. The highest BCUT2D eigenvalue weighted by Crippen LogP contribution is 2.25. The maximum atomic E-state index is 12.0. The average Bonchev–Trinajstić information content (AvgIpc) is 2.36. The van der Waals surface area contributed by atoms with Gasteiger partial charge in [0.25, 0.3) is 11.6 Å². The lowest BCUT2D eigenvalue weighted by atomic mass is 10.0. The van der Waals surface area contributed by atoms with Crippen molar-refractivity contribution in [3.05, 3.63) is 38.3 Å². The normalized spacial score (nSPS) is 11.5. The molecule has 110 valence electrons. The zero-order valence-corrected chi connectivity index (χ0v) is 13.5. The van der Waals surface area contributed by atoms with Gasteiger partial charge in [0, 0.05) is 23.7 Å². The lowest BCUT2D eigenvalue weighted by Crippen LogP contribution is -2.48. The molecule has 1 rings (SSSR count). The van der Waals surface area contributed by atoms with E-state index in [4.69, 9.17) is 0 Å². The standard InChI is InChI=1S/C13H18BrN3O3/c1-13(2,16(3)4)8-15-12(18)9-5-6-10(14)11(7-9)17(19)20/h5-7H,8H2,1-4H3,(H,15,18). The molecule has 1 aromatic rings. The largest absolute Gasteiger partial charge is 0.350 e. The first kappa shape index (κ1) is 16.6. The van der Waals surface area contributed by atoms with Gasteiger partial charge in [-0.05, 0) is 56.0 Å². The van der Waals surface area contributed by atoms with Crippen LogP contribution in [-0.2, 0) is 0 Å². The Morgan fingerprint density at radius 2 is 2.05 bits per heavy atom. The van der Waals surface area contributed by atoms with Gasteiger partial charge in [-0.25, -0.2) is 0 Å². The van der Waals surface area contributed by atoms with Gasteiger partial charge in [-0.1, -0.05) is 0 Å². The van der Waals surface area contributed by atoms with Gasteiger partial charge in [0.2, 0.25) is 0 Å². The number of hydrogen-bond donors (Lipinski definition) is 1. The molecular weight excluding hydrogens is 326 g/mol. The monoisotopic (exact) mass is 343 g/mol. The van der Waals surface area contributed by atoms with Crippen molar-refractivity contribution in [2.45, 2.75) is 19.4 Å². The van der Waals surface area contributed by atoms with Crippen LogP contribution in [0.25, 0.3) is 0 Å².